The minimum atomic E-state index is -3.07. The van der Waals surface area contributed by atoms with Crippen molar-refractivity contribution in [3.05, 3.63) is 0 Å². The van der Waals surface area contributed by atoms with Crippen molar-refractivity contribution in [2.45, 2.75) is 20.3 Å². The first-order valence-corrected chi connectivity index (χ1v) is 6.09. The lowest BCUT2D eigenvalue weighted by atomic mass is 9.90. The van der Waals surface area contributed by atoms with Crippen LogP contribution in [0.4, 0.5) is 0 Å². The highest BCUT2D eigenvalue weighted by atomic mass is 32.2. The van der Waals surface area contributed by atoms with Crippen molar-refractivity contribution in [1.82, 2.24) is 4.72 Å². The van der Waals surface area contributed by atoms with Crippen molar-refractivity contribution < 1.29 is 13.2 Å². The molecule has 0 radical (unpaired) electrons. The molecule has 0 saturated heterocycles. The normalized spacial score (nSPS) is 13.2. The third kappa shape index (κ3) is 8.21. The van der Waals surface area contributed by atoms with Crippen LogP contribution in [0.5, 0.6) is 0 Å². The molecule has 0 aromatic carbocycles. The molecule has 0 fully saturated rings. The van der Waals surface area contributed by atoms with Crippen LogP contribution in [0, 0.1) is 5.41 Å². The van der Waals surface area contributed by atoms with Crippen molar-refractivity contribution in [3.63, 3.8) is 0 Å². The van der Waals surface area contributed by atoms with Crippen molar-refractivity contribution in [3.8, 4) is 0 Å². The Labute approximate surface area is 80.7 Å². The van der Waals surface area contributed by atoms with Crippen LogP contribution in [0.25, 0.3) is 0 Å². The van der Waals surface area contributed by atoms with Gasteiger partial charge in [0.05, 0.1) is 6.26 Å². The molecule has 0 heterocycles. The summed E-state index contributed by atoms with van der Waals surface area (Å²) in [6, 6.07) is 0. The van der Waals surface area contributed by atoms with E-state index >= 15 is 0 Å². The van der Waals surface area contributed by atoms with E-state index < -0.39 is 10.0 Å². The fourth-order valence-corrected chi connectivity index (χ4v) is 1.45. The first-order chi connectivity index (χ1) is 5.77. The van der Waals surface area contributed by atoms with E-state index in [0.717, 1.165) is 6.42 Å². The highest BCUT2D eigenvalue weighted by molar-refractivity contribution is 7.88. The van der Waals surface area contributed by atoms with Gasteiger partial charge >= 0.3 is 0 Å². The largest absolute Gasteiger partial charge is 0.385 e. The summed E-state index contributed by atoms with van der Waals surface area (Å²) in [5, 5.41) is 0. The quantitative estimate of drug-likeness (QED) is 0.697. The van der Waals surface area contributed by atoms with Crippen LogP contribution in [-0.2, 0) is 14.8 Å². The second-order valence-electron chi connectivity index (χ2n) is 4.00. The minimum absolute atomic E-state index is 0.0565. The van der Waals surface area contributed by atoms with Crippen molar-refractivity contribution in [2.75, 3.05) is 26.5 Å². The predicted octanol–water partition coefficient (Wildman–Crippen LogP) is 0.598. The highest BCUT2D eigenvalue weighted by Crippen LogP contribution is 2.18. The number of ether oxygens (including phenoxy) is 1. The fourth-order valence-electron chi connectivity index (χ4n) is 0.793. The Morgan fingerprint density at radius 2 is 1.92 bits per heavy atom. The lowest BCUT2D eigenvalue weighted by molar-refractivity contribution is 0.153. The molecule has 0 amide bonds. The van der Waals surface area contributed by atoms with Crippen LogP contribution in [-0.4, -0.2) is 34.9 Å². The SMILES string of the molecule is COCCC(C)(C)CNS(C)(=O)=O. The molecule has 13 heavy (non-hydrogen) atoms. The molecule has 0 aromatic heterocycles. The third-order valence-electron chi connectivity index (χ3n) is 1.80. The summed E-state index contributed by atoms with van der Waals surface area (Å²) in [6.07, 6.45) is 2.01. The van der Waals surface area contributed by atoms with Crippen LogP contribution in [0.15, 0.2) is 0 Å². The Balaban J connectivity index is 3.89. The predicted molar refractivity (Wildman–Crippen MR) is 53.1 cm³/mol. The highest BCUT2D eigenvalue weighted by Gasteiger charge is 2.18. The first kappa shape index (κ1) is 12.9. The molecule has 0 aliphatic carbocycles. The molecule has 0 rings (SSSR count). The Kier molecular flexibility index (Phi) is 4.88. The standard InChI is InChI=1S/C8H19NO3S/c1-8(2,5-6-12-3)7-9-13(4,10)11/h9H,5-7H2,1-4H3. The van der Waals surface area contributed by atoms with Gasteiger partial charge in [0.1, 0.15) is 0 Å². The number of hydrogen-bond acceptors (Lipinski definition) is 3. The minimum Gasteiger partial charge on any atom is -0.385 e. The molecule has 0 saturated carbocycles. The van der Waals surface area contributed by atoms with Gasteiger partial charge in [0.2, 0.25) is 10.0 Å². The topological polar surface area (TPSA) is 55.4 Å². The molecular formula is C8H19NO3S. The summed E-state index contributed by atoms with van der Waals surface area (Å²) in [7, 11) is -1.43. The lowest BCUT2D eigenvalue weighted by Crippen LogP contribution is -2.33. The Bertz CT molecular complexity index is 234. The Morgan fingerprint density at radius 3 is 2.31 bits per heavy atom. The van der Waals surface area contributed by atoms with Crippen LogP contribution in [0.1, 0.15) is 20.3 Å². The summed E-state index contributed by atoms with van der Waals surface area (Å²) in [6.45, 7) is 5.11. The number of nitrogens with one attached hydrogen (secondary N) is 1. The van der Waals surface area contributed by atoms with E-state index in [1.165, 1.54) is 6.26 Å². The molecule has 0 aliphatic rings. The van der Waals surface area contributed by atoms with Gasteiger partial charge in [0.15, 0.2) is 0 Å². The van der Waals surface area contributed by atoms with Crippen LogP contribution < -0.4 is 4.72 Å². The second kappa shape index (κ2) is 4.93. The Hall–Kier alpha value is -0.130. The van der Waals surface area contributed by atoms with E-state index in [1.807, 2.05) is 13.8 Å². The van der Waals surface area contributed by atoms with Gasteiger partial charge in [-0.2, -0.15) is 0 Å². The second-order valence-corrected chi connectivity index (χ2v) is 5.83. The summed E-state index contributed by atoms with van der Waals surface area (Å²) >= 11 is 0. The zero-order valence-electron chi connectivity index (χ0n) is 8.75. The molecule has 0 spiro atoms. The maximum atomic E-state index is 10.8. The van der Waals surface area contributed by atoms with Gasteiger partial charge in [-0.25, -0.2) is 13.1 Å². The summed E-state index contributed by atoms with van der Waals surface area (Å²) < 4.78 is 29.0. The van der Waals surface area contributed by atoms with Gasteiger partial charge in [-0.1, -0.05) is 13.8 Å². The molecule has 5 heteroatoms. The van der Waals surface area contributed by atoms with Gasteiger partial charge < -0.3 is 4.74 Å². The van der Waals surface area contributed by atoms with Gasteiger partial charge in [-0.05, 0) is 11.8 Å². The van der Waals surface area contributed by atoms with Crippen molar-refractivity contribution >= 4 is 10.0 Å². The maximum Gasteiger partial charge on any atom is 0.208 e. The number of rotatable bonds is 6. The zero-order chi connectivity index (χ0) is 10.5. The fraction of sp³-hybridized carbons (Fsp3) is 1.00. The third-order valence-corrected chi connectivity index (χ3v) is 2.46. The summed E-state index contributed by atoms with van der Waals surface area (Å²) in [4.78, 5) is 0. The monoisotopic (exact) mass is 209 g/mol. The van der Waals surface area contributed by atoms with E-state index in [9.17, 15) is 8.42 Å². The average Bonchev–Trinajstić information content (AvgIpc) is 1.97. The van der Waals surface area contributed by atoms with E-state index in [4.69, 9.17) is 4.74 Å². The molecule has 80 valence electrons. The molecule has 0 unspecified atom stereocenters. The average molecular weight is 209 g/mol. The van der Waals surface area contributed by atoms with E-state index in [-0.39, 0.29) is 5.41 Å². The molecule has 0 bridgehead atoms. The molecular weight excluding hydrogens is 190 g/mol. The smallest absolute Gasteiger partial charge is 0.208 e. The van der Waals surface area contributed by atoms with Gasteiger partial charge in [0.25, 0.3) is 0 Å². The van der Waals surface area contributed by atoms with Gasteiger partial charge in [-0.3, -0.25) is 0 Å². The molecule has 0 aromatic rings. The summed E-state index contributed by atoms with van der Waals surface area (Å²) in [5.41, 5.74) is -0.0565. The van der Waals surface area contributed by atoms with Crippen molar-refractivity contribution in [1.29, 1.82) is 0 Å². The Morgan fingerprint density at radius 1 is 1.38 bits per heavy atom. The van der Waals surface area contributed by atoms with E-state index in [1.54, 1.807) is 7.11 Å². The summed E-state index contributed by atoms with van der Waals surface area (Å²) in [5.74, 6) is 0. The molecule has 1 N–H and O–H groups in total. The number of methoxy groups -OCH3 is 1. The van der Waals surface area contributed by atoms with E-state index in [2.05, 4.69) is 4.72 Å². The number of sulfonamides is 1. The van der Waals surface area contributed by atoms with Crippen LogP contribution in [0.3, 0.4) is 0 Å². The van der Waals surface area contributed by atoms with Crippen molar-refractivity contribution in [2.24, 2.45) is 5.41 Å². The molecule has 0 atom stereocenters. The van der Waals surface area contributed by atoms with Gasteiger partial charge in [0, 0.05) is 20.3 Å². The lowest BCUT2D eigenvalue weighted by Gasteiger charge is -2.23. The van der Waals surface area contributed by atoms with Crippen LogP contribution in [0.2, 0.25) is 0 Å². The molecule has 4 nitrogen and oxygen atoms in total. The number of hydrogen-bond donors (Lipinski definition) is 1. The maximum absolute atomic E-state index is 10.8. The van der Waals surface area contributed by atoms with Crippen LogP contribution >= 0.6 is 0 Å². The molecule has 0 aliphatic heterocycles. The van der Waals surface area contributed by atoms with E-state index in [0.29, 0.717) is 13.2 Å². The first-order valence-electron chi connectivity index (χ1n) is 4.20. The zero-order valence-corrected chi connectivity index (χ0v) is 9.57. The van der Waals surface area contributed by atoms with Gasteiger partial charge in [-0.15, -0.1) is 0 Å².